The number of aryl methyl sites for hydroxylation is 2. The van der Waals surface area contributed by atoms with Crippen LogP contribution >= 0.6 is 11.8 Å². The van der Waals surface area contributed by atoms with Gasteiger partial charge in [0.25, 0.3) is 5.91 Å². The molecule has 4 aliphatic rings. The number of para-hydroxylation sites is 1. The van der Waals surface area contributed by atoms with Crippen molar-refractivity contribution in [2.45, 2.75) is 45.7 Å². The predicted molar refractivity (Wildman–Crippen MR) is 158 cm³/mol. The summed E-state index contributed by atoms with van der Waals surface area (Å²) in [7, 11) is 0. The maximum absolute atomic E-state index is 14.4. The van der Waals surface area contributed by atoms with E-state index in [1.807, 2.05) is 61.4 Å². The van der Waals surface area contributed by atoms with Crippen LogP contribution in [0.25, 0.3) is 0 Å². The zero-order valence-electron chi connectivity index (χ0n) is 22.9. The van der Waals surface area contributed by atoms with Gasteiger partial charge in [0.15, 0.2) is 0 Å². The minimum absolute atomic E-state index is 0.0652. The number of thioether (sulfide) groups is 1. The number of benzodiazepines with no additional fused rings is 1. The van der Waals surface area contributed by atoms with Gasteiger partial charge >= 0.3 is 6.03 Å². The first kappa shape index (κ1) is 27.2. The molecule has 39 heavy (non-hydrogen) atoms. The van der Waals surface area contributed by atoms with Crippen molar-refractivity contribution in [3.05, 3.63) is 59.2 Å². The number of nitrogens with zero attached hydrogens (tertiary/aromatic N) is 4. The van der Waals surface area contributed by atoms with Gasteiger partial charge in [0.05, 0.1) is 11.4 Å². The lowest BCUT2D eigenvalue weighted by Gasteiger charge is -2.32. The van der Waals surface area contributed by atoms with E-state index < -0.39 is 18.1 Å². The van der Waals surface area contributed by atoms with Crippen LogP contribution in [0.2, 0.25) is 0 Å². The molecule has 2 aromatic rings. The van der Waals surface area contributed by atoms with Crippen LogP contribution in [-0.4, -0.2) is 66.3 Å². The highest BCUT2D eigenvalue weighted by Crippen LogP contribution is 2.35. The predicted octanol–water partition coefficient (Wildman–Crippen LogP) is 4.36. The van der Waals surface area contributed by atoms with Gasteiger partial charge < -0.3 is 10.6 Å². The lowest BCUT2D eigenvalue weighted by Crippen LogP contribution is -2.54. The third kappa shape index (κ3) is 5.55. The maximum Gasteiger partial charge on any atom is 0.321 e. The van der Waals surface area contributed by atoms with Crippen LogP contribution in [0, 0.1) is 25.7 Å². The van der Waals surface area contributed by atoms with Crippen molar-refractivity contribution in [1.29, 1.82) is 0 Å². The number of hydrogen-bond acceptors (Lipinski definition) is 5. The number of hydrogen-bond donors (Lipinski definition) is 1. The molecule has 0 aromatic heterocycles. The fourth-order valence-corrected chi connectivity index (χ4v) is 6.75. The highest BCUT2D eigenvalue weighted by atomic mass is 32.2. The third-order valence-electron chi connectivity index (χ3n) is 8.20. The zero-order valence-corrected chi connectivity index (χ0v) is 23.7. The molecule has 2 bridgehead atoms. The van der Waals surface area contributed by atoms with E-state index >= 15 is 0 Å². The molecule has 3 heterocycles. The van der Waals surface area contributed by atoms with Crippen molar-refractivity contribution in [3.8, 4) is 0 Å². The van der Waals surface area contributed by atoms with E-state index in [1.165, 1.54) is 4.90 Å². The van der Waals surface area contributed by atoms with Gasteiger partial charge in [0.2, 0.25) is 12.1 Å². The Morgan fingerprint density at radius 3 is 2.33 bits per heavy atom. The van der Waals surface area contributed by atoms with Gasteiger partial charge in [0.1, 0.15) is 6.54 Å². The van der Waals surface area contributed by atoms with Crippen molar-refractivity contribution in [2.75, 3.05) is 41.4 Å². The number of rotatable bonds is 6. The number of aliphatic imine (C=N–C) groups is 1. The summed E-state index contributed by atoms with van der Waals surface area (Å²) in [6.07, 6.45) is 5.40. The van der Waals surface area contributed by atoms with E-state index in [-0.39, 0.29) is 12.5 Å². The molecular weight excluding hydrogens is 510 g/mol. The summed E-state index contributed by atoms with van der Waals surface area (Å²) in [6, 6.07) is 12.4. The molecule has 6 rings (SSSR count). The average Bonchev–Trinajstić information content (AvgIpc) is 3.29. The first-order valence-electron chi connectivity index (χ1n) is 13.7. The maximum atomic E-state index is 14.4. The fourth-order valence-electron chi connectivity index (χ4n) is 6.25. The Bertz CT molecular complexity index is 1290. The molecule has 9 heteroatoms. The van der Waals surface area contributed by atoms with Crippen molar-refractivity contribution < 1.29 is 14.4 Å². The zero-order chi connectivity index (χ0) is 27.7. The quantitative estimate of drug-likeness (QED) is 0.581. The van der Waals surface area contributed by atoms with Gasteiger partial charge in [-0.15, -0.1) is 0 Å². The van der Waals surface area contributed by atoms with Crippen LogP contribution in [0.3, 0.4) is 0 Å². The molecule has 1 atom stereocenters. The van der Waals surface area contributed by atoms with Gasteiger partial charge in [-0.05, 0) is 80.9 Å². The summed E-state index contributed by atoms with van der Waals surface area (Å²) in [5.41, 5.74) is 10.4. The normalized spacial score (nSPS) is 22.6. The Balaban J connectivity index is 1.58. The van der Waals surface area contributed by atoms with Crippen LogP contribution in [0.5, 0.6) is 0 Å². The van der Waals surface area contributed by atoms with E-state index in [0.29, 0.717) is 34.7 Å². The standard InChI is InChI=1S/C30H37N5O3S/c1-19-6-4-8-23(14-19)35(30(31)38)28-29(37)34(17-26(36)33-15-21-10-11-22(16-33)13-12-21)27-20(2)7-5-9-24(27)25(32-28)18-39-3/h4-9,14,21-22,28H,10-13,15-18H2,1-3H3,(H2,31,38). The molecule has 0 spiro atoms. The molecule has 2 saturated heterocycles. The Morgan fingerprint density at radius 2 is 1.72 bits per heavy atom. The molecule has 1 saturated carbocycles. The lowest BCUT2D eigenvalue weighted by molar-refractivity contribution is -0.132. The molecule has 2 aromatic carbocycles. The van der Waals surface area contributed by atoms with Crippen molar-refractivity contribution in [3.63, 3.8) is 0 Å². The molecule has 1 aliphatic carbocycles. The van der Waals surface area contributed by atoms with E-state index in [9.17, 15) is 14.4 Å². The molecule has 3 aliphatic heterocycles. The summed E-state index contributed by atoms with van der Waals surface area (Å²) < 4.78 is 0. The summed E-state index contributed by atoms with van der Waals surface area (Å²) >= 11 is 1.59. The number of fused-ring (bicyclic) bond motifs is 5. The second kappa shape index (κ2) is 11.4. The summed E-state index contributed by atoms with van der Waals surface area (Å²) in [6.45, 7) is 5.24. The molecule has 206 valence electrons. The second-order valence-corrected chi connectivity index (χ2v) is 11.9. The molecule has 0 radical (unpaired) electrons. The van der Waals surface area contributed by atoms with Crippen molar-refractivity contribution >= 4 is 46.7 Å². The van der Waals surface area contributed by atoms with Crippen molar-refractivity contribution in [1.82, 2.24) is 4.90 Å². The van der Waals surface area contributed by atoms with Gasteiger partial charge in [-0.3, -0.25) is 24.4 Å². The number of carbonyl (C=O) groups is 3. The van der Waals surface area contributed by atoms with E-state index in [4.69, 9.17) is 10.7 Å². The highest BCUT2D eigenvalue weighted by Gasteiger charge is 2.40. The molecular formula is C30H37N5O3S. The van der Waals surface area contributed by atoms with Crippen LogP contribution in [0.15, 0.2) is 47.5 Å². The van der Waals surface area contributed by atoms with E-state index in [1.54, 1.807) is 22.7 Å². The van der Waals surface area contributed by atoms with Gasteiger partial charge in [-0.2, -0.15) is 11.8 Å². The SMILES string of the molecule is CSCC1=NC(N(C(N)=O)c2cccc(C)c2)C(=O)N(CC(=O)N2CC3CCC(CC3)C2)c2c(C)cccc21. The number of primary amides is 1. The van der Waals surface area contributed by atoms with Crippen LogP contribution < -0.4 is 15.5 Å². The number of carbonyl (C=O) groups excluding carboxylic acids is 3. The largest absolute Gasteiger partial charge is 0.351 e. The van der Waals surface area contributed by atoms with E-state index in [0.717, 1.165) is 55.5 Å². The Kier molecular flexibility index (Phi) is 7.98. The molecule has 3 fully saturated rings. The summed E-state index contributed by atoms with van der Waals surface area (Å²) in [5, 5.41) is 0. The smallest absolute Gasteiger partial charge is 0.321 e. The van der Waals surface area contributed by atoms with Gasteiger partial charge in [0, 0.05) is 30.1 Å². The minimum Gasteiger partial charge on any atom is -0.351 e. The van der Waals surface area contributed by atoms with Gasteiger partial charge in [-0.1, -0.05) is 30.3 Å². The number of urea groups is 1. The number of benzene rings is 2. The molecule has 8 nitrogen and oxygen atoms in total. The number of nitrogens with two attached hydrogens (primary N) is 1. The Labute approximate surface area is 234 Å². The van der Waals surface area contributed by atoms with Gasteiger partial charge in [-0.25, -0.2) is 4.79 Å². The number of anilines is 2. The molecule has 2 N–H and O–H groups in total. The first-order chi connectivity index (χ1) is 18.8. The lowest BCUT2D eigenvalue weighted by atomic mass is 9.84. The molecule has 1 unspecified atom stereocenters. The topological polar surface area (TPSA) is 99.3 Å². The van der Waals surface area contributed by atoms with Crippen LogP contribution in [0.4, 0.5) is 16.2 Å². The number of amides is 4. The Morgan fingerprint density at radius 1 is 1.05 bits per heavy atom. The monoisotopic (exact) mass is 547 g/mol. The average molecular weight is 548 g/mol. The third-order valence-corrected chi connectivity index (χ3v) is 8.76. The summed E-state index contributed by atoms with van der Waals surface area (Å²) in [5.74, 6) is 1.09. The van der Waals surface area contributed by atoms with Crippen molar-refractivity contribution in [2.24, 2.45) is 22.6 Å². The Hall–Kier alpha value is -3.33. The first-order valence-corrected chi connectivity index (χ1v) is 15.1. The second-order valence-electron chi connectivity index (χ2n) is 11.0. The van der Waals surface area contributed by atoms with Crippen LogP contribution in [0.1, 0.15) is 42.4 Å². The van der Waals surface area contributed by atoms with Crippen LogP contribution in [-0.2, 0) is 9.59 Å². The van der Waals surface area contributed by atoms with E-state index in [2.05, 4.69) is 0 Å². The highest BCUT2D eigenvalue weighted by molar-refractivity contribution is 7.99. The summed E-state index contributed by atoms with van der Waals surface area (Å²) in [4.78, 5) is 50.8. The molecule has 4 amide bonds. The fraction of sp³-hybridized carbons (Fsp3) is 0.467. The minimum atomic E-state index is -1.23.